The molecule has 8 heteroatoms. The zero-order chi connectivity index (χ0) is 23.6. The maximum absolute atomic E-state index is 13.8. The highest BCUT2D eigenvalue weighted by Gasteiger charge is 2.30. The highest BCUT2D eigenvalue weighted by Crippen LogP contribution is 2.33. The van der Waals surface area contributed by atoms with Crippen LogP contribution in [0.2, 0.25) is 0 Å². The fourth-order valence-electron chi connectivity index (χ4n) is 3.85. The van der Waals surface area contributed by atoms with Crippen molar-refractivity contribution < 1.29 is 22.3 Å². The van der Waals surface area contributed by atoms with Gasteiger partial charge in [0.2, 0.25) is 0 Å². The zero-order valence-electron chi connectivity index (χ0n) is 18.5. The van der Waals surface area contributed by atoms with E-state index in [9.17, 15) is 17.6 Å². The Hall–Kier alpha value is -3.39. The first-order valence-corrected chi connectivity index (χ1v) is 12.0. The minimum Gasteiger partial charge on any atom is -0.483 e. The normalized spacial score (nSPS) is 13.0. The fraction of sp³-hybridized carbons (Fsp3) is 0.240. The number of ether oxygens (including phenoxy) is 1. The van der Waals surface area contributed by atoms with E-state index in [4.69, 9.17) is 4.74 Å². The van der Waals surface area contributed by atoms with Crippen LogP contribution in [-0.2, 0) is 27.8 Å². The van der Waals surface area contributed by atoms with Crippen LogP contribution in [-0.4, -0.2) is 39.4 Å². The highest BCUT2D eigenvalue weighted by molar-refractivity contribution is 7.92. The fourth-order valence-corrected chi connectivity index (χ4v) is 5.44. The minimum absolute atomic E-state index is 0.127. The van der Waals surface area contributed by atoms with Gasteiger partial charge in [0, 0.05) is 25.7 Å². The van der Waals surface area contributed by atoms with Gasteiger partial charge < -0.3 is 9.64 Å². The van der Waals surface area contributed by atoms with Crippen LogP contribution in [0.4, 0.5) is 10.1 Å². The number of halogens is 1. The van der Waals surface area contributed by atoms with Crippen LogP contribution in [0.3, 0.4) is 0 Å². The number of fused-ring (bicyclic) bond motifs is 1. The molecule has 0 unspecified atom stereocenters. The largest absolute Gasteiger partial charge is 0.483 e. The third-order valence-electron chi connectivity index (χ3n) is 5.72. The maximum atomic E-state index is 13.8. The molecule has 1 aliphatic rings. The lowest BCUT2D eigenvalue weighted by atomic mass is 10.2. The molecule has 0 fully saturated rings. The van der Waals surface area contributed by atoms with Gasteiger partial charge in [0.05, 0.1) is 10.6 Å². The molecule has 3 aromatic carbocycles. The Bertz CT molecular complexity index is 1290. The molecule has 3 aromatic rings. The Balaban J connectivity index is 1.43. The molecule has 1 heterocycles. The highest BCUT2D eigenvalue weighted by atomic mass is 32.2. The van der Waals surface area contributed by atoms with Crippen molar-refractivity contribution in [2.24, 2.45) is 0 Å². The van der Waals surface area contributed by atoms with Gasteiger partial charge >= 0.3 is 0 Å². The van der Waals surface area contributed by atoms with E-state index in [0.29, 0.717) is 35.5 Å². The van der Waals surface area contributed by atoms with Crippen LogP contribution in [0.15, 0.2) is 71.6 Å². The molecule has 0 spiro atoms. The number of rotatable bonds is 7. The van der Waals surface area contributed by atoms with Crippen molar-refractivity contribution in [2.75, 3.05) is 24.5 Å². The standard InChI is InChI=1S/C25H25FN2O4S/c1-18-15-21(33(30,31)28-14-13-19-7-4-6-10-23(19)28)11-12-24(18)32-17-25(29)27(2)16-20-8-3-5-9-22(20)26/h3-12,15H,13-14,16-17H2,1-2H3. The number of amides is 1. The number of carbonyl (C=O) groups excluding carboxylic acids is 1. The Labute approximate surface area is 193 Å². The molecule has 0 aromatic heterocycles. The van der Waals surface area contributed by atoms with Gasteiger partial charge in [0.1, 0.15) is 11.6 Å². The maximum Gasteiger partial charge on any atom is 0.264 e. The van der Waals surface area contributed by atoms with Crippen molar-refractivity contribution in [3.05, 3.63) is 89.2 Å². The molecule has 0 saturated carbocycles. The summed E-state index contributed by atoms with van der Waals surface area (Å²) in [4.78, 5) is 14.0. The van der Waals surface area contributed by atoms with Gasteiger partial charge in [-0.2, -0.15) is 0 Å². The Morgan fingerprint density at radius 3 is 2.58 bits per heavy atom. The summed E-state index contributed by atoms with van der Waals surface area (Å²) in [7, 11) is -2.13. The third kappa shape index (κ3) is 4.71. The Morgan fingerprint density at radius 1 is 1.09 bits per heavy atom. The number of carbonyl (C=O) groups is 1. The molecule has 4 rings (SSSR count). The number of nitrogens with zero attached hydrogens (tertiary/aromatic N) is 2. The molecule has 0 aliphatic carbocycles. The molecule has 0 saturated heterocycles. The molecule has 1 amide bonds. The predicted molar refractivity (Wildman–Crippen MR) is 124 cm³/mol. The Morgan fingerprint density at radius 2 is 1.82 bits per heavy atom. The van der Waals surface area contributed by atoms with E-state index in [1.54, 1.807) is 44.3 Å². The summed E-state index contributed by atoms with van der Waals surface area (Å²) >= 11 is 0. The monoisotopic (exact) mass is 468 g/mol. The number of hydrogen-bond acceptors (Lipinski definition) is 4. The van der Waals surface area contributed by atoms with Crippen molar-refractivity contribution >= 4 is 21.6 Å². The molecule has 0 atom stereocenters. The van der Waals surface area contributed by atoms with Crippen molar-refractivity contribution in [3.8, 4) is 5.75 Å². The van der Waals surface area contributed by atoms with Crippen LogP contribution >= 0.6 is 0 Å². The summed E-state index contributed by atoms with van der Waals surface area (Å²) in [6.07, 6.45) is 0.679. The van der Waals surface area contributed by atoms with Crippen molar-refractivity contribution in [2.45, 2.75) is 24.8 Å². The molecule has 33 heavy (non-hydrogen) atoms. The summed E-state index contributed by atoms with van der Waals surface area (Å²) in [6, 6.07) is 18.4. The van der Waals surface area contributed by atoms with E-state index in [1.165, 1.54) is 21.3 Å². The first-order valence-electron chi connectivity index (χ1n) is 10.6. The van der Waals surface area contributed by atoms with Gasteiger partial charge in [-0.05, 0) is 54.8 Å². The van der Waals surface area contributed by atoms with Crippen molar-refractivity contribution in [1.29, 1.82) is 0 Å². The second-order valence-electron chi connectivity index (χ2n) is 8.01. The SMILES string of the molecule is Cc1cc(S(=O)(=O)N2CCc3ccccc32)ccc1OCC(=O)N(C)Cc1ccccc1F. The predicted octanol–water partition coefficient (Wildman–Crippen LogP) is 3.92. The summed E-state index contributed by atoms with van der Waals surface area (Å²) in [6.45, 7) is 2.03. The van der Waals surface area contributed by atoms with E-state index in [-0.39, 0.29) is 29.8 Å². The molecule has 6 nitrogen and oxygen atoms in total. The number of benzene rings is 3. The second-order valence-corrected chi connectivity index (χ2v) is 9.88. The molecular weight excluding hydrogens is 443 g/mol. The molecule has 1 aliphatic heterocycles. The lowest BCUT2D eigenvalue weighted by molar-refractivity contribution is -0.132. The van der Waals surface area contributed by atoms with Gasteiger partial charge in [-0.25, -0.2) is 12.8 Å². The summed E-state index contributed by atoms with van der Waals surface area (Å²) in [5, 5.41) is 0. The first-order chi connectivity index (χ1) is 15.8. The van der Waals surface area contributed by atoms with Crippen LogP contribution in [0.1, 0.15) is 16.7 Å². The molecule has 172 valence electrons. The van der Waals surface area contributed by atoms with Crippen LogP contribution in [0.25, 0.3) is 0 Å². The summed E-state index contributed by atoms with van der Waals surface area (Å²) in [5.74, 6) is -0.266. The zero-order valence-corrected chi connectivity index (χ0v) is 19.3. The number of anilines is 1. The molecule has 0 N–H and O–H groups in total. The average Bonchev–Trinajstić information content (AvgIpc) is 3.24. The van der Waals surface area contributed by atoms with E-state index < -0.39 is 10.0 Å². The van der Waals surface area contributed by atoms with E-state index in [2.05, 4.69) is 0 Å². The lowest BCUT2D eigenvalue weighted by Gasteiger charge is -2.21. The Kier molecular flexibility index (Phi) is 6.37. The average molecular weight is 469 g/mol. The van der Waals surface area contributed by atoms with Crippen LogP contribution in [0.5, 0.6) is 5.75 Å². The quantitative estimate of drug-likeness (QED) is 0.527. The van der Waals surface area contributed by atoms with E-state index >= 15 is 0 Å². The minimum atomic E-state index is -3.71. The number of hydrogen-bond donors (Lipinski definition) is 0. The second kappa shape index (κ2) is 9.23. The number of sulfonamides is 1. The van der Waals surface area contributed by atoms with Crippen LogP contribution in [0, 0.1) is 12.7 Å². The van der Waals surface area contributed by atoms with E-state index in [0.717, 1.165) is 5.56 Å². The molecular formula is C25H25FN2O4S. The van der Waals surface area contributed by atoms with Crippen LogP contribution < -0.4 is 9.04 Å². The lowest BCUT2D eigenvalue weighted by Crippen LogP contribution is -2.31. The van der Waals surface area contributed by atoms with Crippen molar-refractivity contribution in [3.63, 3.8) is 0 Å². The van der Waals surface area contributed by atoms with Gasteiger partial charge in [-0.3, -0.25) is 9.10 Å². The van der Waals surface area contributed by atoms with Gasteiger partial charge in [0.25, 0.3) is 15.9 Å². The van der Waals surface area contributed by atoms with Gasteiger partial charge in [-0.1, -0.05) is 36.4 Å². The molecule has 0 radical (unpaired) electrons. The van der Waals surface area contributed by atoms with Gasteiger partial charge in [0.15, 0.2) is 6.61 Å². The summed E-state index contributed by atoms with van der Waals surface area (Å²) in [5.41, 5.74) is 2.74. The molecule has 0 bridgehead atoms. The number of aryl methyl sites for hydroxylation is 1. The topological polar surface area (TPSA) is 66.9 Å². The first kappa shape index (κ1) is 22.8. The van der Waals surface area contributed by atoms with E-state index in [1.807, 2.05) is 24.3 Å². The third-order valence-corrected chi connectivity index (χ3v) is 7.53. The number of likely N-dealkylation sites (N-methyl/N-ethyl adjacent to an activating group) is 1. The number of para-hydroxylation sites is 1. The van der Waals surface area contributed by atoms with Crippen molar-refractivity contribution in [1.82, 2.24) is 4.90 Å². The smallest absolute Gasteiger partial charge is 0.264 e. The summed E-state index contributed by atoms with van der Waals surface area (Å²) < 4.78 is 47.3. The van der Waals surface area contributed by atoms with Gasteiger partial charge in [-0.15, -0.1) is 0 Å².